The highest BCUT2D eigenvalue weighted by molar-refractivity contribution is 5.89. The van der Waals surface area contributed by atoms with Crippen molar-refractivity contribution in [1.29, 1.82) is 0 Å². The molecule has 8 rings (SSSR count). The molecular formula is C54H92N2. The summed E-state index contributed by atoms with van der Waals surface area (Å²) in [5, 5.41) is 10.4. The van der Waals surface area contributed by atoms with Gasteiger partial charge in [-0.15, -0.1) is 0 Å². The first-order valence-corrected chi connectivity index (χ1v) is 25.8. The predicted octanol–water partition coefficient (Wildman–Crippen LogP) is 16.0. The van der Waals surface area contributed by atoms with E-state index in [1.165, 1.54) is 166 Å². The molecule has 8 fully saturated rings. The Kier molecular flexibility index (Phi) is 12.3. The summed E-state index contributed by atoms with van der Waals surface area (Å²) in [6, 6.07) is 0. The molecule has 0 aromatic heterocycles. The first-order chi connectivity index (χ1) is 26.7. The second-order valence-electron chi connectivity index (χ2n) is 25.1. The molecule has 0 amide bonds. The van der Waals surface area contributed by atoms with Gasteiger partial charge >= 0.3 is 0 Å². The fraction of sp³-hybridized carbons (Fsp3) is 0.963. The van der Waals surface area contributed by atoms with Crippen molar-refractivity contribution in [3.05, 3.63) is 0 Å². The number of fused-ring (bicyclic) bond motifs is 10. The summed E-state index contributed by atoms with van der Waals surface area (Å²) in [5.74, 6) is 13.0. The molecule has 0 radical (unpaired) electrons. The van der Waals surface area contributed by atoms with Gasteiger partial charge in [0.05, 0.1) is 0 Å². The van der Waals surface area contributed by atoms with E-state index in [1.807, 2.05) is 0 Å². The van der Waals surface area contributed by atoms with E-state index in [4.69, 9.17) is 10.2 Å². The van der Waals surface area contributed by atoms with Gasteiger partial charge in [-0.25, -0.2) is 0 Å². The van der Waals surface area contributed by atoms with Gasteiger partial charge in [-0.3, -0.25) is 0 Å². The lowest BCUT2D eigenvalue weighted by molar-refractivity contribution is -0.105. The highest BCUT2D eigenvalue weighted by Gasteiger charge is 2.62. The van der Waals surface area contributed by atoms with Gasteiger partial charge in [0, 0.05) is 11.4 Å². The lowest BCUT2D eigenvalue weighted by atomic mass is 9.44. The topological polar surface area (TPSA) is 24.7 Å². The molecule has 8 aliphatic carbocycles. The van der Waals surface area contributed by atoms with Crippen molar-refractivity contribution in [2.45, 2.75) is 223 Å². The van der Waals surface area contributed by atoms with Crippen LogP contribution in [0.25, 0.3) is 0 Å². The van der Waals surface area contributed by atoms with Gasteiger partial charge in [0.15, 0.2) is 0 Å². The minimum Gasteiger partial charge on any atom is -0.160 e. The molecule has 0 aromatic rings. The van der Waals surface area contributed by atoms with Crippen LogP contribution < -0.4 is 0 Å². The van der Waals surface area contributed by atoms with Crippen LogP contribution in [-0.2, 0) is 0 Å². The molecule has 16 atom stereocenters. The normalized spacial score (nSPS) is 48.6. The van der Waals surface area contributed by atoms with Crippen molar-refractivity contribution < 1.29 is 0 Å². The van der Waals surface area contributed by atoms with Crippen LogP contribution in [0.2, 0.25) is 0 Å². The minimum absolute atomic E-state index is 0.532. The molecule has 0 heterocycles. The van der Waals surface area contributed by atoms with E-state index < -0.39 is 0 Å². The fourth-order valence-corrected chi connectivity index (χ4v) is 18.5. The fourth-order valence-electron chi connectivity index (χ4n) is 18.5. The Morgan fingerprint density at radius 1 is 0.446 bits per heavy atom. The van der Waals surface area contributed by atoms with Gasteiger partial charge in [-0.2, -0.15) is 10.2 Å². The van der Waals surface area contributed by atoms with Crippen LogP contribution >= 0.6 is 0 Å². The first kappa shape index (κ1) is 42.0. The summed E-state index contributed by atoms with van der Waals surface area (Å²) in [5.41, 5.74) is 5.21. The molecule has 0 saturated heterocycles. The standard InChI is InChI=1S/C54H92N2/c1-35(2)13-11-15-37(5)45-21-23-47-43-19-17-39-33-41(25-29-51(39,7)49(43)27-31-53(45,47)9)55-56-42-26-30-52(8)40(34-42)18-20-44-48-24-22-46(38(6)16-12-14-36(3)4)54(48,10)32-28-50(44)52/h35-40,43-50H,11-34H2,1-10H3/b55-41-,56-42+/t37-,38-,39+,40+,43+,44+,45-,46-,47+,48+,49+,50+,51+,52+,53-,54-/m1/s1. The third-order valence-electron chi connectivity index (χ3n) is 21.7. The van der Waals surface area contributed by atoms with Gasteiger partial charge in [-0.1, -0.05) is 108 Å². The second-order valence-corrected chi connectivity index (χ2v) is 25.1. The third-order valence-corrected chi connectivity index (χ3v) is 21.7. The quantitative estimate of drug-likeness (QED) is 0.187. The zero-order chi connectivity index (χ0) is 39.6. The molecule has 2 heteroatoms. The van der Waals surface area contributed by atoms with Crippen LogP contribution in [0.5, 0.6) is 0 Å². The van der Waals surface area contributed by atoms with Crippen molar-refractivity contribution in [1.82, 2.24) is 0 Å². The molecule has 0 bridgehead atoms. The maximum atomic E-state index is 5.22. The minimum atomic E-state index is 0.532. The van der Waals surface area contributed by atoms with E-state index >= 15 is 0 Å². The van der Waals surface area contributed by atoms with Crippen LogP contribution in [0.1, 0.15) is 223 Å². The Bertz CT molecular complexity index is 1320. The van der Waals surface area contributed by atoms with E-state index in [9.17, 15) is 0 Å². The van der Waals surface area contributed by atoms with Crippen LogP contribution in [-0.4, -0.2) is 11.4 Å². The molecule has 0 unspecified atom stereocenters. The summed E-state index contributed by atoms with van der Waals surface area (Å²) in [6.07, 6.45) is 34.4. The van der Waals surface area contributed by atoms with Crippen LogP contribution in [0.4, 0.5) is 0 Å². The molecule has 0 spiro atoms. The highest BCUT2D eigenvalue weighted by Crippen LogP contribution is 2.70. The van der Waals surface area contributed by atoms with Crippen LogP contribution in [0.3, 0.4) is 0 Å². The average Bonchev–Trinajstić information content (AvgIpc) is 3.70. The first-order valence-electron chi connectivity index (χ1n) is 25.8. The smallest absolute Gasteiger partial charge is 0.0409 e. The number of rotatable bonds is 11. The Balaban J connectivity index is 0.860. The average molecular weight is 769 g/mol. The van der Waals surface area contributed by atoms with Crippen molar-refractivity contribution in [2.24, 2.45) is 115 Å². The third kappa shape index (κ3) is 7.42. The SMILES string of the molecule is CC(C)CCC[C@@H](C)[C@H]1CC[C@H]2[C@@H]3CC[C@H]4C/C(=N\N=C5/CC[C@@]6(C)[C@@H](CC[C@@H]7[C@@H]6CC[C@]6(C)[C@@H]([C@H](C)CCCC(C)C)CC[C@@H]76)C5)CC[C@]4(C)[C@H]3CC[C@]12C. The summed E-state index contributed by atoms with van der Waals surface area (Å²) in [4.78, 5) is 0. The number of nitrogens with zero attached hydrogens (tertiary/aromatic N) is 2. The lowest BCUT2D eigenvalue weighted by Crippen LogP contribution is -2.54. The van der Waals surface area contributed by atoms with Crippen LogP contribution in [0, 0.1) is 105 Å². The number of hydrogen-bond donors (Lipinski definition) is 0. The Labute approximate surface area is 348 Å². The second kappa shape index (κ2) is 16.3. The van der Waals surface area contributed by atoms with Crippen molar-refractivity contribution in [2.75, 3.05) is 0 Å². The zero-order valence-corrected chi connectivity index (χ0v) is 38.9. The molecule has 0 aromatic carbocycles. The van der Waals surface area contributed by atoms with E-state index in [1.54, 1.807) is 0 Å². The van der Waals surface area contributed by atoms with E-state index in [-0.39, 0.29) is 0 Å². The summed E-state index contributed by atoms with van der Waals surface area (Å²) in [6.45, 7) is 26.0. The summed E-state index contributed by atoms with van der Waals surface area (Å²) < 4.78 is 0. The van der Waals surface area contributed by atoms with E-state index in [0.717, 1.165) is 82.9 Å². The van der Waals surface area contributed by atoms with Gasteiger partial charge in [0.1, 0.15) is 0 Å². The van der Waals surface area contributed by atoms with Gasteiger partial charge in [0.25, 0.3) is 0 Å². The van der Waals surface area contributed by atoms with Crippen molar-refractivity contribution in [3.8, 4) is 0 Å². The predicted molar refractivity (Wildman–Crippen MR) is 241 cm³/mol. The summed E-state index contributed by atoms with van der Waals surface area (Å²) in [7, 11) is 0. The van der Waals surface area contributed by atoms with Gasteiger partial charge in [-0.05, 0) is 220 Å². The molecule has 8 saturated carbocycles. The van der Waals surface area contributed by atoms with Crippen molar-refractivity contribution >= 4 is 11.4 Å². The number of hydrogen-bond acceptors (Lipinski definition) is 2. The Morgan fingerprint density at radius 2 is 0.839 bits per heavy atom. The Morgan fingerprint density at radius 3 is 1.23 bits per heavy atom. The van der Waals surface area contributed by atoms with Gasteiger partial charge in [0.2, 0.25) is 0 Å². The molecule has 2 nitrogen and oxygen atoms in total. The molecule has 0 aliphatic heterocycles. The maximum absolute atomic E-state index is 5.22. The monoisotopic (exact) mass is 769 g/mol. The van der Waals surface area contributed by atoms with Crippen LogP contribution in [0.15, 0.2) is 10.2 Å². The van der Waals surface area contributed by atoms with Crippen molar-refractivity contribution in [3.63, 3.8) is 0 Å². The summed E-state index contributed by atoms with van der Waals surface area (Å²) >= 11 is 0. The molecule has 8 aliphatic rings. The molecule has 318 valence electrons. The molecule has 0 N–H and O–H groups in total. The van der Waals surface area contributed by atoms with E-state index in [2.05, 4.69) is 69.2 Å². The maximum Gasteiger partial charge on any atom is 0.0409 e. The Hall–Kier alpha value is -0.660. The highest BCUT2D eigenvalue weighted by atomic mass is 15.2. The van der Waals surface area contributed by atoms with Gasteiger partial charge < -0.3 is 0 Å². The zero-order valence-electron chi connectivity index (χ0n) is 38.9. The lowest BCUT2D eigenvalue weighted by Gasteiger charge is -2.61. The molecular weight excluding hydrogens is 677 g/mol. The molecule has 56 heavy (non-hydrogen) atoms. The van der Waals surface area contributed by atoms with E-state index in [0.29, 0.717) is 21.7 Å². The largest absolute Gasteiger partial charge is 0.160 e.